The van der Waals surface area contributed by atoms with Gasteiger partial charge in [0.2, 0.25) is 0 Å². The van der Waals surface area contributed by atoms with E-state index < -0.39 is 12.0 Å². The van der Waals surface area contributed by atoms with Crippen LogP contribution in [-0.4, -0.2) is 24.7 Å². The monoisotopic (exact) mass is 462 g/mol. The lowest BCUT2D eigenvalue weighted by atomic mass is 9.97. The van der Waals surface area contributed by atoms with E-state index in [1.54, 1.807) is 37.3 Å². The van der Waals surface area contributed by atoms with Crippen LogP contribution in [0.15, 0.2) is 60.7 Å². The van der Waals surface area contributed by atoms with E-state index in [4.69, 9.17) is 10.5 Å². The molecule has 0 unspecified atom stereocenters. The normalized spacial score (nSPS) is 14.0. The molecule has 0 heterocycles. The molecule has 3 aromatic rings. The number of hydrogen-bond donors (Lipinski definition) is 2. The Bertz CT molecular complexity index is 1170. The Morgan fingerprint density at radius 2 is 1.94 bits per heavy atom. The molecule has 1 fully saturated rings. The van der Waals surface area contributed by atoms with Gasteiger partial charge in [-0.25, -0.2) is 4.39 Å². The second-order valence-electron chi connectivity index (χ2n) is 9.18. The minimum Gasteiger partial charge on any atom is -0.489 e. The quantitative estimate of drug-likeness (QED) is 0.412. The standard InChI is InChI=1S/C28H31FN2O3/c1-18(30)24-7-5-8-25(28(24)29)22-12-20(13-23(14-22)31(2)16-19-10-11-19)17-34-26-9-4-3-6-21(26)15-27(32)33/h3-9,12-14,18-19H,10-11,15-17,30H2,1-2H3,(H,32,33)/t18-/m1/s1. The van der Waals surface area contributed by atoms with Gasteiger partial charge in [0.15, 0.2) is 0 Å². The number of benzene rings is 3. The number of ether oxygens (including phenoxy) is 1. The zero-order chi connectivity index (χ0) is 24.2. The second-order valence-corrected chi connectivity index (χ2v) is 9.18. The van der Waals surface area contributed by atoms with E-state index in [-0.39, 0.29) is 18.8 Å². The zero-order valence-corrected chi connectivity index (χ0v) is 19.6. The number of carboxylic acid groups (broad SMARTS) is 1. The first-order valence-electron chi connectivity index (χ1n) is 11.6. The Hall–Kier alpha value is -3.38. The van der Waals surface area contributed by atoms with Gasteiger partial charge in [0, 0.05) is 42.0 Å². The van der Waals surface area contributed by atoms with Gasteiger partial charge in [-0.05, 0) is 61.1 Å². The lowest BCUT2D eigenvalue weighted by molar-refractivity contribution is -0.136. The lowest BCUT2D eigenvalue weighted by Gasteiger charge is -2.22. The van der Waals surface area contributed by atoms with Crippen LogP contribution in [0.3, 0.4) is 0 Å². The number of hydrogen-bond acceptors (Lipinski definition) is 4. The number of nitrogens with two attached hydrogens (primary N) is 1. The summed E-state index contributed by atoms with van der Waals surface area (Å²) in [4.78, 5) is 13.4. The van der Waals surface area contributed by atoms with E-state index >= 15 is 4.39 Å². The number of rotatable bonds is 10. The van der Waals surface area contributed by atoms with Gasteiger partial charge in [-0.15, -0.1) is 0 Å². The summed E-state index contributed by atoms with van der Waals surface area (Å²) >= 11 is 0. The molecule has 0 aromatic heterocycles. The summed E-state index contributed by atoms with van der Waals surface area (Å²) in [6.45, 7) is 2.97. The van der Waals surface area contributed by atoms with E-state index in [1.165, 1.54) is 12.8 Å². The van der Waals surface area contributed by atoms with Crippen LogP contribution in [-0.2, 0) is 17.8 Å². The van der Waals surface area contributed by atoms with Gasteiger partial charge in [0.1, 0.15) is 18.2 Å². The number of nitrogens with zero attached hydrogens (tertiary/aromatic N) is 1. The Labute approximate surface area is 200 Å². The molecular formula is C28H31FN2O3. The van der Waals surface area contributed by atoms with Gasteiger partial charge in [0.25, 0.3) is 0 Å². The van der Waals surface area contributed by atoms with Crippen LogP contribution in [0.2, 0.25) is 0 Å². The fraction of sp³-hybridized carbons (Fsp3) is 0.321. The van der Waals surface area contributed by atoms with Crippen LogP contribution in [0.5, 0.6) is 5.75 Å². The van der Waals surface area contributed by atoms with Gasteiger partial charge < -0.3 is 20.5 Å². The van der Waals surface area contributed by atoms with Gasteiger partial charge in [0.05, 0.1) is 6.42 Å². The number of para-hydroxylation sites is 1. The van der Waals surface area contributed by atoms with Crippen molar-refractivity contribution in [3.63, 3.8) is 0 Å². The van der Waals surface area contributed by atoms with E-state index in [0.29, 0.717) is 28.4 Å². The SMILES string of the molecule is C[C@@H](N)c1cccc(-c2cc(COc3ccccc3CC(=O)O)cc(N(C)CC3CC3)c2)c1F. The van der Waals surface area contributed by atoms with E-state index in [0.717, 1.165) is 23.4 Å². The van der Waals surface area contributed by atoms with Crippen molar-refractivity contribution in [3.05, 3.63) is 83.2 Å². The number of aliphatic carboxylic acids is 1. The van der Waals surface area contributed by atoms with Gasteiger partial charge in [-0.1, -0.05) is 36.4 Å². The van der Waals surface area contributed by atoms with Crippen molar-refractivity contribution in [2.45, 2.75) is 38.8 Å². The van der Waals surface area contributed by atoms with Crippen LogP contribution in [0.1, 0.15) is 42.5 Å². The van der Waals surface area contributed by atoms with Crippen molar-refractivity contribution >= 4 is 11.7 Å². The fourth-order valence-electron chi connectivity index (χ4n) is 4.17. The molecule has 34 heavy (non-hydrogen) atoms. The molecule has 1 aliphatic rings. The largest absolute Gasteiger partial charge is 0.489 e. The zero-order valence-electron chi connectivity index (χ0n) is 19.6. The number of carboxylic acids is 1. The van der Waals surface area contributed by atoms with Gasteiger partial charge >= 0.3 is 5.97 Å². The van der Waals surface area contributed by atoms with Crippen molar-refractivity contribution < 1.29 is 19.0 Å². The molecule has 0 aliphatic heterocycles. The predicted octanol–water partition coefficient (Wildman–Crippen LogP) is 5.56. The maximum atomic E-state index is 15.3. The molecule has 0 spiro atoms. The highest BCUT2D eigenvalue weighted by molar-refractivity contribution is 5.72. The molecule has 4 rings (SSSR count). The van der Waals surface area contributed by atoms with Crippen LogP contribution < -0.4 is 15.4 Å². The van der Waals surface area contributed by atoms with Crippen molar-refractivity contribution in [1.82, 2.24) is 0 Å². The van der Waals surface area contributed by atoms with Crippen molar-refractivity contribution in [2.75, 3.05) is 18.5 Å². The molecule has 3 N–H and O–H groups in total. The first-order valence-corrected chi connectivity index (χ1v) is 11.6. The minimum atomic E-state index is -0.911. The molecule has 0 radical (unpaired) electrons. The highest BCUT2D eigenvalue weighted by Crippen LogP contribution is 2.34. The van der Waals surface area contributed by atoms with E-state index in [1.807, 2.05) is 24.3 Å². The highest BCUT2D eigenvalue weighted by Gasteiger charge is 2.23. The van der Waals surface area contributed by atoms with Crippen molar-refractivity contribution in [3.8, 4) is 16.9 Å². The summed E-state index contributed by atoms with van der Waals surface area (Å²) in [6, 6.07) is 18.0. The molecule has 1 atom stereocenters. The Balaban J connectivity index is 1.67. The number of anilines is 1. The summed E-state index contributed by atoms with van der Waals surface area (Å²) in [7, 11) is 2.05. The third-order valence-corrected chi connectivity index (χ3v) is 6.19. The van der Waals surface area contributed by atoms with Crippen LogP contribution in [0, 0.1) is 11.7 Å². The summed E-state index contributed by atoms with van der Waals surface area (Å²) in [5.74, 6) is 0.0208. The van der Waals surface area contributed by atoms with Crippen LogP contribution >= 0.6 is 0 Å². The maximum absolute atomic E-state index is 15.3. The molecule has 6 heteroatoms. The first-order chi connectivity index (χ1) is 16.3. The smallest absolute Gasteiger partial charge is 0.307 e. The molecule has 178 valence electrons. The number of halogens is 1. The molecular weight excluding hydrogens is 431 g/mol. The lowest BCUT2D eigenvalue weighted by Crippen LogP contribution is -2.20. The second kappa shape index (κ2) is 10.3. The molecule has 0 amide bonds. The summed E-state index contributed by atoms with van der Waals surface area (Å²) in [5.41, 5.74) is 10.2. The summed E-state index contributed by atoms with van der Waals surface area (Å²) in [6.07, 6.45) is 2.37. The summed E-state index contributed by atoms with van der Waals surface area (Å²) in [5, 5.41) is 9.20. The molecule has 1 aliphatic carbocycles. The predicted molar refractivity (Wildman–Crippen MR) is 133 cm³/mol. The third-order valence-electron chi connectivity index (χ3n) is 6.19. The Kier molecular flexibility index (Phi) is 7.17. The average Bonchev–Trinajstić information content (AvgIpc) is 3.62. The van der Waals surface area contributed by atoms with Crippen LogP contribution in [0.25, 0.3) is 11.1 Å². The van der Waals surface area contributed by atoms with Crippen molar-refractivity contribution in [1.29, 1.82) is 0 Å². The molecule has 0 saturated heterocycles. The van der Waals surface area contributed by atoms with E-state index in [9.17, 15) is 9.90 Å². The van der Waals surface area contributed by atoms with E-state index in [2.05, 4.69) is 18.0 Å². The molecule has 0 bridgehead atoms. The molecule has 1 saturated carbocycles. The fourth-order valence-corrected chi connectivity index (χ4v) is 4.17. The minimum absolute atomic E-state index is 0.110. The van der Waals surface area contributed by atoms with Crippen LogP contribution in [0.4, 0.5) is 10.1 Å². The van der Waals surface area contributed by atoms with Crippen molar-refractivity contribution in [2.24, 2.45) is 11.7 Å². The maximum Gasteiger partial charge on any atom is 0.307 e. The Morgan fingerprint density at radius 3 is 2.65 bits per heavy atom. The first kappa shape index (κ1) is 23.8. The number of carbonyl (C=O) groups is 1. The molecule has 3 aromatic carbocycles. The topological polar surface area (TPSA) is 75.8 Å². The Morgan fingerprint density at radius 1 is 1.18 bits per heavy atom. The summed E-state index contributed by atoms with van der Waals surface area (Å²) < 4.78 is 21.4. The van der Waals surface area contributed by atoms with Gasteiger partial charge in [-0.3, -0.25) is 4.79 Å². The van der Waals surface area contributed by atoms with Gasteiger partial charge in [-0.2, -0.15) is 0 Å². The molecule has 5 nitrogen and oxygen atoms in total. The highest BCUT2D eigenvalue weighted by atomic mass is 19.1. The third kappa shape index (κ3) is 5.75. The average molecular weight is 463 g/mol.